The third-order valence-corrected chi connectivity index (χ3v) is 4.25. The first-order valence-corrected chi connectivity index (χ1v) is 8.23. The Bertz CT molecular complexity index is 445. The van der Waals surface area contributed by atoms with E-state index in [-0.39, 0.29) is 11.9 Å². The van der Waals surface area contributed by atoms with Crippen LogP contribution in [0.4, 0.5) is 5.69 Å². The van der Waals surface area contributed by atoms with E-state index in [0.717, 1.165) is 31.6 Å². The fraction of sp³-hybridized carbons (Fsp3) is 0.611. The molecule has 1 aromatic carbocycles. The van der Waals surface area contributed by atoms with Gasteiger partial charge in [-0.1, -0.05) is 38.8 Å². The van der Waals surface area contributed by atoms with Crippen molar-refractivity contribution in [2.75, 3.05) is 18.4 Å². The van der Waals surface area contributed by atoms with Crippen LogP contribution in [0.1, 0.15) is 57.9 Å². The number of hydrogen-bond donors (Lipinski definition) is 1. The van der Waals surface area contributed by atoms with Crippen molar-refractivity contribution in [3.05, 3.63) is 29.8 Å². The van der Waals surface area contributed by atoms with Gasteiger partial charge in [-0.25, -0.2) is 0 Å². The van der Waals surface area contributed by atoms with Crippen LogP contribution < -0.4 is 5.32 Å². The first-order chi connectivity index (χ1) is 10.1. The topological polar surface area (TPSA) is 32.3 Å². The van der Waals surface area contributed by atoms with Crippen LogP contribution in [0, 0.1) is 0 Å². The number of carbonyl (C=O) groups is 1. The largest absolute Gasteiger partial charge is 0.374 e. The van der Waals surface area contributed by atoms with Crippen molar-refractivity contribution in [2.45, 2.75) is 58.4 Å². The van der Waals surface area contributed by atoms with E-state index in [2.05, 4.69) is 43.4 Å². The van der Waals surface area contributed by atoms with Crippen LogP contribution >= 0.6 is 0 Å². The normalized spacial score (nSPS) is 17.4. The predicted molar refractivity (Wildman–Crippen MR) is 88.7 cm³/mol. The van der Waals surface area contributed by atoms with Gasteiger partial charge in [-0.05, 0) is 43.4 Å². The molecule has 1 N–H and O–H groups in total. The molecule has 1 heterocycles. The zero-order valence-corrected chi connectivity index (χ0v) is 13.6. The third kappa shape index (κ3) is 4.48. The Kier molecular flexibility index (Phi) is 5.66. The van der Waals surface area contributed by atoms with E-state index in [4.69, 9.17) is 0 Å². The van der Waals surface area contributed by atoms with E-state index in [1.54, 1.807) is 0 Å². The summed E-state index contributed by atoms with van der Waals surface area (Å²) in [5.74, 6) is 0.764. The number of likely N-dealkylation sites (tertiary alicyclic amines) is 1. The zero-order chi connectivity index (χ0) is 15.2. The number of hydrogen-bond acceptors (Lipinski definition) is 2. The standard InChI is InChI=1S/C18H28N2O/c1-14(2)16-8-10-17(11-9-16)19-15(3)18(21)20-12-6-4-5-7-13-20/h8-11,14-15,19H,4-7,12-13H2,1-3H3. The zero-order valence-electron chi connectivity index (χ0n) is 13.6. The molecule has 1 amide bonds. The van der Waals surface area contributed by atoms with Crippen molar-refractivity contribution in [1.29, 1.82) is 0 Å². The van der Waals surface area contributed by atoms with Crippen LogP contribution in [0.25, 0.3) is 0 Å². The maximum atomic E-state index is 12.5. The summed E-state index contributed by atoms with van der Waals surface area (Å²) in [4.78, 5) is 14.5. The summed E-state index contributed by atoms with van der Waals surface area (Å²) < 4.78 is 0. The lowest BCUT2D eigenvalue weighted by atomic mass is 10.0. The molecule has 0 bridgehead atoms. The molecule has 0 aromatic heterocycles. The molecular weight excluding hydrogens is 260 g/mol. The molecule has 0 spiro atoms. The summed E-state index contributed by atoms with van der Waals surface area (Å²) in [5, 5.41) is 3.33. The predicted octanol–water partition coefficient (Wildman–Crippen LogP) is 4.01. The number of nitrogens with one attached hydrogen (secondary N) is 1. The van der Waals surface area contributed by atoms with Gasteiger partial charge in [-0.3, -0.25) is 4.79 Å². The van der Waals surface area contributed by atoms with Crippen LogP contribution in [0.3, 0.4) is 0 Å². The highest BCUT2D eigenvalue weighted by atomic mass is 16.2. The Balaban J connectivity index is 1.93. The van der Waals surface area contributed by atoms with Gasteiger partial charge in [0.05, 0.1) is 0 Å². The molecule has 3 heteroatoms. The SMILES string of the molecule is CC(Nc1ccc(C(C)C)cc1)C(=O)N1CCCCCC1. The summed E-state index contributed by atoms with van der Waals surface area (Å²) in [6.45, 7) is 8.17. The van der Waals surface area contributed by atoms with Crippen molar-refractivity contribution >= 4 is 11.6 Å². The first-order valence-electron chi connectivity index (χ1n) is 8.23. The summed E-state index contributed by atoms with van der Waals surface area (Å²) in [5.41, 5.74) is 2.35. The van der Waals surface area contributed by atoms with Crippen LogP contribution in [-0.2, 0) is 4.79 Å². The van der Waals surface area contributed by atoms with Gasteiger partial charge in [-0.2, -0.15) is 0 Å². The number of rotatable bonds is 4. The number of nitrogens with zero attached hydrogens (tertiary/aromatic N) is 1. The Morgan fingerprint density at radius 2 is 1.57 bits per heavy atom. The monoisotopic (exact) mass is 288 g/mol. The lowest BCUT2D eigenvalue weighted by Crippen LogP contribution is -2.41. The fourth-order valence-electron chi connectivity index (χ4n) is 2.84. The molecule has 2 rings (SSSR count). The maximum absolute atomic E-state index is 12.5. The van der Waals surface area contributed by atoms with Crippen LogP contribution in [0.2, 0.25) is 0 Å². The highest BCUT2D eigenvalue weighted by molar-refractivity contribution is 5.84. The van der Waals surface area contributed by atoms with Crippen molar-refractivity contribution < 1.29 is 4.79 Å². The molecule has 1 saturated heterocycles. The van der Waals surface area contributed by atoms with Gasteiger partial charge < -0.3 is 10.2 Å². The van der Waals surface area contributed by atoms with Crippen molar-refractivity contribution in [2.24, 2.45) is 0 Å². The summed E-state index contributed by atoms with van der Waals surface area (Å²) in [6, 6.07) is 8.25. The molecule has 3 nitrogen and oxygen atoms in total. The Morgan fingerprint density at radius 1 is 1.00 bits per heavy atom. The number of carbonyl (C=O) groups excluding carboxylic acids is 1. The second kappa shape index (κ2) is 7.48. The van der Waals surface area contributed by atoms with Crippen LogP contribution in [-0.4, -0.2) is 29.9 Å². The molecule has 1 aliphatic rings. The molecule has 1 atom stereocenters. The molecule has 1 fully saturated rings. The minimum absolute atomic E-state index is 0.159. The molecule has 1 aromatic rings. The third-order valence-electron chi connectivity index (χ3n) is 4.25. The smallest absolute Gasteiger partial charge is 0.244 e. The van der Waals surface area contributed by atoms with E-state index in [1.807, 2.05) is 11.8 Å². The Labute approximate surface area is 128 Å². The minimum Gasteiger partial charge on any atom is -0.374 e. The highest BCUT2D eigenvalue weighted by Gasteiger charge is 2.21. The van der Waals surface area contributed by atoms with E-state index in [1.165, 1.54) is 18.4 Å². The average Bonchev–Trinajstić information content (AvgIpc) is 2.76. The van der Waals surface area contributed by atoms with Gasteiger partial charge in [0.15, 0.2) is 0 Å². The van der Waals surface area contributed by atoms with Gasteiger partial charge in [0.25, 0.3) is 0 Å². The molecular formula is C18H28N2O. The number of benzene rings is 1. The van der Waals surface area contributed by atoms with Crippen molar-refractivity contribution in [3.63, 3.8) is 0 Å². The second-order valence-corrected chi connectivity index (χ2v) is 6.38. The van der Waals surface area contributed by atoms with Gasteiger partial charge in [0, 0.05) is 18.8 Å². The van der Waals surface area contributed by atoms with Gasteiger partial charge in [-0.15, -0.1) is 0 Å². The molecule has 0 saturated carbocycles. The molecule has 0 radical (unpaired) electrons. The molecule has 116 valence electrons. The van der Waals surface area contributed by atoms with Crippen LogP contribution in [0.15, 0.2) is 24.3 Å². The summed E-state index contributed by atoms with van der Waals surface area (Å²) in [6.07, 6.45) is 4.79. The lowest BCUT2D eigenvalue weighted by molar-refractivity contribution is -0.131. The second-order valence-electron chi connectivity index (χ2n) is 6.38. The quantitative estimate of drug-likeness (QED) is 0.907. The number of anilines is 1. The average molecular weight is 288 g/mol. The van der Waals surface area contributed by atoms with E-state index in [9.17, 15) is 4.79 Å². The van der Waals surface area contributed by atoms with E-state index >= 15 is 0 Å². The molecule has 0 aliphatic carbocycles. The van der Waals surface area contributed by atoms with Crippen LogP contribution in [0.5, 0.6) is 0 Å². The van der Waals surface area contributed by atoms with Gasteiger partial charge in [0.2, 0.25) is 5.91 Å². The van der Waals surface area contributed by atoms with Gasteiger partial charge in [0.1, 0.15) is 6.04 Å². The summed E-state index contributed by atoms with van der Waals surface area (Å²) >= 11 is 0. The first kappa shape index (κ1) is 15.9. The lowest BCUT2D eigenvalue weighted by Gasteiger charge is -2.25. The Morgan fingerprint density at radius 3 is 2.10 bits per heavy atom. The van der Waals surface area contributed by atoms with E-state index in [0.29, 0.717) is 5.92 Å². The van der Waals surface area contributed by atoms with Gasteiger partial charge >= 0.3 is 0 Å². The fourth-order valence-corrected chi connectivity index (χ4v) is 2.84. The highest BCUT2D eigenvalue weighted by Crippen LogP contribution is 2.18. The molecule has 21 heavy (non-hydrogen) atoms. The molecule has 1 aliphatic heterocycles. The molecule has 1 unspecified atom stereocenters. The maximum Gasteiger partial charge on any atom is 0.244 e. The Hall–Kier alpha value is -1.51. The summed E-state index contributed by atoms with van der Waals surface area (Å²) in [7, 11) is 0. The van der Waals surface area contributed by atoms with Crippen molar-refractivity contribution in [3.8, 4) is 0 Å². The van der Waals surface area contributed by atoms with Crippen molar-refractivity contribution in [1.82, 2.24) is 4.90 Å². The van der Waals surface area contributed by atoms with E-state index < -0.39 is 0 Å². The number of amides is 1. The minimum atomic E-state index is -0.159.